The van der Waals surface area contributed by atoms with Gasteiger partial charge in [0.2, 0.25) is 5.88 Å². The van der Waals surface area contributed by atoms with E-state index in [4.69, 9.17) is 9.73 Å². The van der Waals surface area contributed by atoms with Crippen molar-refractivity contribution in [3.05, 3.63) is 58.8 Å². The third-order valence-electron chi connectivity index (χ3n) is 6.88. The number of piperidine rings is 1. The second-order valence-electron chi connectivity index (χ2n) is 9.28. The van der Waals surface area contributed by atoms with Crippen LogP contribution in [0.5, 0.6) is 5.88 Å². The number of aromatic nitrogens is 1. The predicted octanol–water partition coefficient (Wildman–Crippen LogP) is 4.82. The molecule has 2 fully saturated rings. The van der Waals surface area contributed by atoms with Gasteiger partial charge < -0.3 is 15.0 Å². The molecule has 0 atom stereocenters. The van der Waals surface area contributed by atoms with Gasteiger partial charge in [0, 0.05) is 44.8 Å². The number of allylic oxidation sites excluding steroid dienone is 1. The van der Waals surface area contributed by atoms with E-state index in [1.165, 1.54) is 22.4 Å². The van der Waals surface area contributed by atoms with Gasteiger partial charge in [-0.2, -0.15) is 0 Å². The van der Waals surface area contributed by atoms with Crippen molar-refractivity contribution in [2.24, 2.45) is 4.99 Å². The van der Waals surface area contributed by atoms with Crippen LogP contribution < -0.4 is 15.0 Å². The highest BCUT2D eigenvalue weighted by Gasteiger charge is 2.23. The number of rotatable bonds is 7. The van der Waals surface area contributed by atoms with Gasteiger partial charge in [-0.15, -0.1) is 0 Å². The van der Waals surface area contributed by atoms with Gasteiger partial charge in [-0.1, -0.05) is 25.1 Å². The Hall–Kier alpha value is -2.70. The molecule has 0 saturated carbocycles. The Morgan fingerprint density at radius 3 is 2.56 bits per heavy atom. The van der Waals surface area contributed by atoms with Gasteiger partial charge in [0.05, 0.1) is 36.4 Å². The molecule has 1 aromatic heterocycles. The number of hydrogen-bond acceptors (Lipinski definition) is 6. The molecule has 2 aliphatic heterocycles. The van der Waals surface area contributed by atoms with Crippen LogP contribution in [0.2, 0.25) is 0 Å². The Bertz CT molecular complexity index is 1020. The summed E-state index contributed by atoms with van der Waals surface area (Å²) in [5, 5.41) is 3.42. The van der Waals surface area contributed by atoms with Crippen LogP contribution in [0.4, 0.5) is 11.4 Å². The van der Waals surface area contributed by atoms with E-state index in [0.29, 0.717) is 6.61 Å². The van der Waals surface area contributed by atoms with Crippen LogP contribution in [0.1, 0.15) is 43.4 Å². The third-order valence-corrected chi connectivity index (χ3v) is 6.88. The first-order chi connectivity index (χ1) is 16.6. The predicted molar refractivity (Wildman–Crippen MR) is 142 cm³/mol. The molecule has 0 radical (unpaired) electrons. The summed E-state index contributed by atoms with van der Waals surface area (Å²) in [6.07, 6.45) is 6.16. The van der Waals surface area contributed by atoms with Crippen LogP contribution in [0.25, 0.3) is 0 Å². The molecular formula is C28H39N5O. The smallest absolute Gasteiger partial charge is 0.216 e. The Morgan fingerprint density at radius 2 is 1.85 bits per heavy atom. The Labute approximate surface area is 204 Å². The zero-order chi connectivity index (χ0) is 23.9. The second-order valence-corrected chi connectivity index (χ2v) is 9.28. The van der Waals surface area contributed by atoms with E-state index < -0.39 is 0 Å². The number of hydrogen-bond donors (Lipinski definition) is 1. The van der Waals surface area contributed by atoms with Crippen molar-refractivity contribution in [2.75, 3.05) is 50.8 Å². The van der Waals surface area contributed by atoms with Crippen molar-refractivity contribution >= 4 is 17.1 Å². The number of benzene rings is 1. The lowest BCUT2D eigenvalue weighted by Crippen LogP contribution is -2.42. The van der Waals surface area contributed by atoms with Gasteiger partial charge in [0.1, 0.15) is 0 Å². The van der Waals surface area contributed by atoms with E-state index in [0.717, 1.165) is 81.5 Å². The summed E-state index contributed by atoms with van der Waals surface area (Å²) in [6, 6.07) is 8.77. The molecule has 3 heterocycles. The second kappa shape index (κ2) is 11.6. The Kier molecular flexibility index (Phi) is 8.35. The zero-order valence-corrected chi connectivity index (χ0v) is 21.2. The molecule has 6 nitrogen and oxygen atoms in total. The largest absolute Gasteiger partial charge is 0.477 e. The van der Waals surface area contributed by atoms with Crippen LogP contribution in [-0.2, 0) is 6.54 Å². The van der Waals surface area contributed by atoms with Crippen molar-refractivity contribution in [2.45, 2.75) is 47.1 Å². The fourth-order valence-corrected chi connectivity index (χ4v) is 4.67. The summed E-state index contributed by atoms with van der Waals surface area (Å²) in [6.45, 7) is 16.4. The number of anilines is 1. The molecular weight excluding hydrogens is 422 g/mol. The van der Waals surface area contributed by atoms with E-state index >= 15 is 0 Å². The average Bonchev–Trinajstić information content (AvgIpc) is 2.87. The van der Waals surface area contributed by atoms with Crippen molar-refractivity contribution < 1.29 is 4.74 Å². The molecule has 1 N–H and O–H groups in total. The summed E-state index contributed by atoms with van der Waals surface area (Å²) in [5.74, 6) is 0.754. The van der Waals surface area contributed by atoms with Gasteiger partial charge in [0.15, 0.2) is 0 Å². The SMILES string of the molecule is C/C=C1/CCN(c2cnc(OCCC)c(C)c2C)CC1=Nc1ccc(CN2CCNCC2)cc1. The molecule has 2 aromatic rings. The fourth-order valence-electron chi connectivity index (χ4n) is 4.67. The molecule has 0 amide bonds. The fraction of sp³-hybridized carbons (Fsp3) is 0.500. The quantitative estimate of drug-likeness (QED) is 0.641. The molecule has 2 saturated heterocycles. The molecule has 4 rings (SSSR count). The molecule has 6 heteroatoms. The van der Waals surface area contributed by atoms with Gasteiger partial charge >= 0.3 is 0 Å². The maximum Gasteiger partial charge on any atom is 0.216 e. The van der Waals surface area contributed by atoms with Crippen LogP contribution >= 0.6 is 0 Å². The lowest BCUT2D eigenvalue weighted by molar-refractivity contribution is 0.233. The molecule has 0 bridgehead atoms. The topological polar surface area (TPSA) is 53.0 Å². The highest BCUT2D eigenvalue weighted by molar-refractivity contribution is 6.05. The monoisotopic (exact) mass is 461 g/mol. The number of nitrogens with one attached hydrogen (secondary N) is 1. The molecule has 0 unspecified atom stereocenters. The minimum Gasteiger partial charge on any atom is -0.477 e. The molecule has 0 aliphatic carbocycles. The number of aliphatic imine (C=N–C) groups is 1. The standard InChI is InChI=1S/C28H39N5O/c1-5-17-34-28-22(4)21(3)27(18-30-28)33-14-11-24(6-2)26(20-33)31-25-9-7-23(8-10-25)19-32-15-12-29-13-16-32/h6-10,18,29H,5,11-17,19-20H2,1-4H3/b24-6-,31-26?. The zero-order valence-electron chi connectivity index (χ0n) is 21.2. The van der Waals surface area contributed by atoms with Crippen LogP contribution in [0, 0.1) is 13.8 Å². The summed E-state index contributed by atoms with van der Waals surface area (Å²) in [4.78, 5) is 14.6. The van der Waals surface area contributed by atoms with Crippen LogP contribution in [0.15, 0.2) is 47.1 Å². The first-order valence-corrected chi connectivity index (χ1v) is 12.7. The minimum absolute atomic E-state index is 0.700. The van der Waals surface area contributed by atoms with Crippen molar-refractivity contribution in [3.63, 3.8) is 0 Å². The van der Waals surface area contributed by atoms with Gasteiger partial charge in [-0.25, -0.2) is 4.98 Å². The summed E-state index contributed by atoms with van der Waals surface area (Å²) in [5.41, 5.74) is 8.40. The number of ether oxygens (including phenoxy) is 1. The van der Waals surface area contributed by atoms with Crippen LogP contribution in [-0.4, -0.2) is 61.5 Å². The maximum atomic E-state index is 5.83. The van der Waals surface area contributed by atoms with E-state index in [1.54, 1.807) is 0 Å². The lowest BCUT2D eigenvalue weighted by Gasteiger charge is -2.33. The molecule has 34 heavy (non-hydrogen) atoms. The molecule has 1 aromatic carbocycles. The highest BCUT2D eigenvalue weighted by atomic mass is 16.5. The first-order valence-electron chi connectivity index (χ1n) is 12.7. The highest BCUT2D eigenvalue weighted by Crippen LogP contribution is 2.31. The Balaban J connectivity index is 1.49. The van der Waals surface area contributed by atoms with Crippen LogP contribution in [0.3, 0.4) is 0 Å². The normalized spacial score (nSPS) is 19.7. The summed E-state index contributed by atoms with van der Waals surface area (Å²) in [7, 11) is 0. The number of pyridine rings is 1. The Morgan fingerprint density at radius 1 is 1.09 bits per heavy atom. The molecule has 0 spiro atoms. The number of piperazine rings is 1. The average molecular weight is 462 g/mol. The summed E-state index contributed by atoms with van der Waals surface area (Å²) >= 11 is 0. The van der Waals surface area contributed by atoms with Gasteiger partial charge in [-0.3, -0.25) is 9.89 Å². The lowest BCUT2D eigenvalue weighted by atomic mass is 9.99. The van der Waals surface area contributed by atoms with E-state index in [2.05, 4.69) is 78.1 Å². The minimum atomic E-state index is 0.700. The van der Waals surface area contributed by atoms with E-state index in [9.17, 15) is 0 Å². The van der Waals surface area contributed by atoms with Gasteiger partial charge in [0.25, 0.3) is 0 Å². The van der Waals surface area contributed by atoms with Gasteiger partial charge in [-0.05, 0) is 62.4 Å². The van der Waals surface area contributed by atoms with E-state index in [-0.39, 0.29) is 0 Å². The summed E-state index contributed by atoms with van der Waals surface area (Å²) < 4.78 is 5.83. The van der Waals surface area contributed by atoms with Crippen molar-refractivity contribution in [1.82, 2.24) is 15.2 Å². The molecule has 182 valence electrons. The maximum absolute atomic E-state index is 5.83. The van der Waals surface area contributed by atoms with Crippen molar-refractivity contribution in [3.8, 4) is 5.88 Å². The number of nitrogens with zero attached hydrogens (tertiary/aromatic N) is 4. The van der Waals surface area contributed by atoms with E-state index in [1.807, 2.05) is 6.20 Å². The first kappa shape index (κ1) is 24.4. The van der Waals surface area contributed by atoms with Crippen molar-refractivity contribution in [1.29, 1.82) is 0 Å². The molecule has 2 aliphatic rings. The third kappa shape index (κ3) is 5.86.